The number of benzene rings is 1. The highest BCUT2D eigenvalue weighted by Crippen LogP contribution is 2.22. The minimum atomic E-state index is 0.948. The van der Waals surface area contributed by atoms with E-state index in [2.05, 4.69) is 17.1 Å². The van der Waals surface area contributed by atoms with Crippen LogP contribution in [0.3, 0.4) is 0 Å². The second-order valence-corrected chi connectivity index (χ2v) is 3.58. The maximum Gasteiger partial charge on any atom is 0.149 e. The van der Waals surface area contributed by atoms with Crippen LogP contribution in [0.4, 0.5) is 0 Å². The topological polar surface area (TPSA) is 25.5 Å². The highest BCUT2D eigenvalue weighted by atomic mass is 16.3. The Kier molecular flexibility index (Phi) is 1.66. The summed E-state index contributed by atoms with van der Waals surface area (Å²) in [7, 11) is 0. The van der Waals surface area contributed by atoms with E-state index in [-0.39, 0.29) is 0 Å². The second kappa shape index (κ2) is 2.98. The quantitative estimate of drug-likeness (QED) is 0.670. The number of nitrogens with zero attached hydrogens (tertiary/aromatic N) is 1. The van der Waals surface area contributed by atoms with Crippen LogP contribution in [0.2, 0.25) is 0 Å². The van der Waals surface area contributed by atoms with Crippen molar-refractivity contribution >= 4 is 16.7 Å². The summed E-state index contributed by atoms with van der Waals surface area (Å²) in [6.45, 7) is 0.951. The molecule has 14 heavy (non-hydrogen) atoms. The highest BCUT2D eigenvalue weighted by Gasteiger charge is 2.13. The van der Waals surface area contributed by atoms with Crippen molar-refractivity contribution in [1.29, 1.82) is 0 Å². The van der Waals surface area contributed by atoms with Crippen LogP contribution in [0.5, 0.6) is 0 Å². The van der Waals surface area contributed by atoms with Crippen molar-refractivity contribution in [3.8, 4) is 0 Å². The van der Waals surface area contributed by atoms with E-state index in [1.54, 1.807) is 0 Å². The fourth-order valence-corrected chi connectivity index (χ4v) is 1.86. The van der Waals surface area contributed by atoms with Crippen molar-refractivity contribution in [2.75, 3.05) is 6.54 Å². The molecule has 1 aliphatic rings. The molecule has 1 aromatic carbocycles. The van der Waals surface area contributed by atoms with Crippen LogP contribution >= 0.6 is 0 Å². The predicted molar refractivity (Wildman–Crippen MR) is 56.9 cm³/mol. The maximum atomic E-state index is 5.72. The molecule has 0 N–H and O–H groups in total. The molecular weight excluding hydrogens is 174 g/mol. The Bertz CT molecular complexity index is 463. The lowest BCUT2D eigenvalue weighted by molar-refractivity contribution is 0.603. The van der Waals surface area contributed by atoms with Crippen molar-refractivity contribution in [2.45, 2.75) is 12.8 Å². The fraction of sp³-hybridized carbons (Fsp3) is 0.250. The van der Waals surface area contributed by atoms with Gasteiger partial charge >= 0.3 is 0 Å². The first-order valence-electron chi connectivity index (χ1n) is 4.96. The van der Waals surface area contributed by atoms with Gasteiger partial charge in [-0.1, -0.05) is 18.2 Å². The third kappa shape index (κ3) is 1.15. The molecule has 2 nitrogen and oxygen atoms in total. The Morgan fingerprint density at radius 2 is 2.14 bits per heavy atom. The molecule has 1 aliphatic heterocycles. The molecule has 0 atom stereocenters. The van der Waals surface area contributed by atoms with E-state index in [1.807, 2.05) is 18.2 Å². The summed E-state index contributed by atoms with van der Waals surface area (Å²) in [6, 6.07) is 10.2. The summed E-state index contributed by atoms with van der Waals surface area (Å²) in [5.74, 6) is 0.948. The van der Waals surface area contributed by atoms with Crippen molar-refractivity contribution in [3.05, 3.63) is 36.1 Å². The molecule has 0 saturated carbocycles. The zero-order chi connectivity index (χ0) is 9.38. The lowest BCUT2D eigenvalue weighted by Crippen LogP contribution is -1.91. The Balaban J connectivity index is 2.14. The van der Waals surface area contributed by atoms with E-state index < -0.39 is 0 Å². The molecule has 1 aromatic heterocycles. The van der Waals surface area contributed by atoms with E-state index in [4.69, 9.17) is 4.42 Å². The standard InChI is InChI=1S/C12H11NO/c1-2-6-11-9(4-1)8-12(14-11)10-5-3-7-13-10/h1-2,4,6,8H,3,5,7H2. The van der Waals surface area contributed by atoms with E-state index in [0.717, 1.165) is 41.8 Å². The van der Waals surface area contributed by atoms with Gasteiger partial charge in [0.25, 0.3) is 0 Å². The van der Waals surface area contributed by atoms with Crippen LogP contribution < -0.4 is 0 Å². The molecule has 0 amide bonds. The molecule has 3 rings (SSSR count). The lowest BCUT2D eigenvalue weighted by Gasteiger charge is -1.91. The van der Waals surface area contributed by atoms with Gasteiger partial charge in [0.1, 0.15) is 11.3 Å². The van der Waals surface area contributed by atoms with E-state index in [0.29, 0.717) is 0 Å². The second-order valence-electron chi connectivity index (χ2n) is 3.58. The molecule has 0 fully saturated rings. The molecular formula is C12H11NO. The van der Waals surface area contributed by atoms with Crippen LogP contribution in [0.25, 0.3) is 11.0 Å². The minimum absolute atomic E-state index is 0.948. The van der Waals surface area contributed by atoms with Gasteiger partial charge in [-0.05, 0) is 25.0 Å². The van der Waals surface area contributed by atoms with Gasteiger partial charge in [-0.2, -0.15) is 0 Å². The van der Waals surface area contributed by atoms with Crippen LogP contribution in [-0.4, -0.2) is 12.3 Å². The number of para-hydroxylation sites is 1. The van der Waals surface area contributed by atoms with Crippen molar-refractivity contribution < 1.29 is 4.42 Å². The smallest absolute Gasteiger partial charge is 0.149 e. The zero-order valence-corrected chi connectivity index (χ0v) is 7.86. The Morgan fingerprint density at radius 3 is 2.93 bits per heavy atom. The molecule has 2 heteroatoms. The van der Waals surface area contributed by atoms with Gasteiger partial charge in [-0.25, -0.2) is 0 Å². The fourth-order valence-electron chi connectivity index (χ4n) is 1.86. The molecule has 70 valence electrons. The Morgan fingerprint density at radius 1 is 1.21 bits per heavy atom. The molecule has 2 heterocycles. The monoisotopic (exact) mass is 185 g/mol. The molecule has 2 aromatic rings. The van der Waals surface area contributed by atoms with Crippen molar-refractivity contribution in [3.63, 3.8) is 0 Å². The van der Waals surface area contributed by atoms with Crippen LogP contribution in [0, 0.1) is 0 Å². The third-order valence-corrected chi connectivity index (χ3v) is 2.58. The summed E-state index contributed by atoms with van der Waals surface area (Å²) < 4.78 is 5.72. The van der Waals surface area contributed by atoms with Gasteiger partial charge in [0.05, 0.1) is 5.71 Å². The minimum Gasteiger partial charge on any atom is -0.455 e. The number of furan rings is 1. The molecule has 0 radical (unpaired) electrons. The number of fused-ring (bicyclic) bond motifs is 1. The summed E-state index contributed by atoms with van der Waals surface area (Å²) >= 11 is 0. The van der Waals surface area contributed by atoms with Gasteiger partial charge < -0.3 is 4.42 Å². The van der Waals surface area contributed by atoms with Crippen molar-refractivity contribution in [1.82, 2.24) is 0 Å². The number of aliphatic imine (C=N–C) groups is 1. The number of hydrogen-bond acceptors (Lipinski definition) is 2. The Hall–Kier alpha value is -1.57. The van der Waals surface area contributed by atoms with Crippen molar-refractivity contribution in [2.24, 2.45) is 4.99 Å². The molecule has 0 unspecified atom stereocenters. The number of rotatable bonds is 1. The van der Waals surface area contributed by atoms with Gasteiger partial charge in [0.15, 0.2) is 0 Å². The summed E-state index contributed by atoms with van der Waals surface area (Å²) in [5.41, 5.74) is 2.08. The molecule has 0 bridgehead atoms. The first-order chi connectivity index (χ1) is 6.93. The van der Waals surface area contributed by atoms with E-state index >= 15 is 0 Å². The SMILES string of the molecule is c1ccc2oc(C3=NCCC3)cc2c1. The first kappa shape index (κ1) is 7.80. The third-order valence-electron chi connectivity index (χ3n) is 2.58. The van der Waals surface area contributed by atoms with Gasteiger partial charge in [0, 0.05) is 11.9 Å². The predicted octanol–water partition coefficient (Wildman–Crippen LogP) is 3.02. The van der Waals surface area contributed by atoms with Crippen LogP contribution in [0.15, 0.2) is 39.7 Å². The summed E-state index contributed by atoms with van der Waals surface area (Å²) in [4.78, 5) is 4.42. The normalized spacial score (nSPS) is 16.1. The average molecular weight is 185 g/mol. The van der Waals surface area contributed by atoms with Crippen LogP contribution in [-0.2, 0) is 0 Å². The number of hydrogen-bond donors (Lipinski definition) is 0. The zero-order valence-electron chi connectivity index (χ0n) is 7.86. The van der Waals surface area contributed by atoms with Gasteiger partial charge in [0.2, 0.25) is 0 Å². The maximum absolute atomic E-state index is 5.72. The highest BCUT2D eigenvalue weighted by molar-refractivity contribution is 6.02. The summed E-state index contributed by atoms with van der Waals surface area (Å²) in [6.07, 6.45) is 2.21. The van der Waals surface area contributed by atoms with Gasteiger partial charge in [-0.15, -0.1) is 0 Å². The van der Waals surface area contributed by atoms with Crippen LogP contribution in [0.1, 0.15) is 18.6 Å². The Labute approximate surface area is 82.3 Å². The van der Waals surface area contributed by atoms with E-state index in [1.165, 1.54) is 0 Å². The van der Waals surface area contributed by atoms with E-state index in [9.17, 15) is 0 Å². The largest absolute Gasteiger partial charge is 0.455 e. The molecule has 0 saturated heterocycles. The lowest BCUT2D eigenvalue weighted by atomic mass is 10.2. The molecule has 0 spiro atoms. The summed E-state index contributed by atoms with van der Waals surface area (Å²) in [5, 5.41) is 1.16. The van der Waals surface area contributed by atoms with Gasteiger partial charge in [-0.3, -0.25) is 4.99 Å². The first-order valence-corrected chi connectivity index (χ1v) is 4.96. The average Bonchev–Trinajstić information content (AvgIpc) is 2.86. The molecule has 0 aliphatic carbocycles.